The molecule has 0 spiro atoms. The van der Waals surface area contributed by atoms with Gasteiger partial charge in [0.1, 0.15) is 0 Å². The average Bonchev–Trinajstić information content (AvgIpc) is 2.37. The van der Waals surface area contributed by atoms with Gasteiger partial charge in [-0.2, -0.15) is 0 Å². The van der Waals surface area contributed by atoms with E-state index in [2.05, 4.69) is 6.58 Å². The summed E-state index contributed by atoms with van der Waals surface area (Å²) in [6.07, 6.45) is 9.00. The molecular weight excluding hydrogens is 208 g/mol. The van der Waals surface area contributed by atoms with Crippen LogP contribution >= 0.6 is 0 Å². The van der Waals surface area contributed by atoms with E-state index in [1.54, 1.807) is 0 Å². The van der Waals surface area contributed by atoms with E-state index in [9.17, 15) is 4.79 Å². The van der Waals surface area contributed by atoms with E-state index in [0.29, 0.717) is 0 Å². The molecule has 0 aromatic heterocycles. The fourth-order valence-electron chi connectivity index (χ4n) is 1.06. The first kappa shape index (κ1) is 20.5. The molecule has 0 atom stereocenters. The molecule has 0 saturated heterocycles. The molecule has 16 heavy (non-hydrogen) atoms. The first-order valence-corrected chi connectivity index (χ1v) is 5.43. The molecule has 0 aliphatic heterocycles. The highest BCUT2D eigenvalue weighted by molar-refractivity contribution is 5.84. The van der Waals surface area contributed by atoms with Crippen LogP contribution in [0.1, 0.15) is 45.4 Å². The van der Waals surface area contributed by atoms with Gasteiger partial charge in [-0.05, 0) is 6.92 Å². The van der Waals surface area contributed by atoms with E-state index < -0.39 is 5.97 Å². The summed E-state index contributed by atoms with van der Waals surface area (Å²) in [5.74, 6) is -0.935. The predicted molar refractivity (Wildman–Crippen MR) is 66.4 cm³/mol. The van der Waals surface area contributed by atoms with Gasteiger partial charge >= 0.3 is 5.97 Å². The fourth-order valence-corrected chi connectivity index (χ4v) is 1.06. The SMILES string of the molecule is C1CCCCC1.C=C(C)C(=O)O.CO.CO. The summed E-state index contributed by atoms with van der Waals surface area (Å²) in [6, 6.07) is 0. The van der Waals surface area contributed by atoms with Gasteiger partial charge in [-0.1, -0.05) is 45.1 Å². The Morgan fingerprint density at radius 1 is 0.875 bits per heavy atom. The molecule has 0 bridgehead atoms. The number of hydrogen-bond donors (Lipinski definition) is 3. The van der Waals surface area contributed by atoms with Crippen molar-refractivity contribution in [2.45, 2.75) is 45.4 Å². The number of aliphatic hydroxyl groups is 2. The standard InChI is InChI=1S/C6H12.C4H6O2.2CH4O/c1-2-4-6-5-3-1;1-3(2)4(5)6;2*1-2/h1-6H2;1H2,2H3,(H,5,6);2*2H,1H3. The Labute approximate surface area is 98.6 Å². The second-order valence-electron chi connectivity index (χ2n) is 3.21. The van der Waals surface area contributed by atoms with Crippen LogP contribution in [0, 0.1) is 0 Å². The van der Waals surface area contributed by atoms with E-state index in [4.69, 9.17) is 15.3 Å². The molecule has 0 aromatic carbocycles. The summed E-state index contributed by atoms with van der Waals surface area (Å²) in [5, 5.41) is 21.9. The van der Waals surface area contributed by atoms with Crippen LogP contribution in [0.2, 0.25) is 0 Å². The number of carboxylic acid groups (broad SMARTS) is 1. The van der Waals surface area contributed by atoms with Crippen molar-refractivity contribution in [2.75, 3.05) is 14.2 Å². The van der Waals surface area contributed by atoms with Gasteiger partial charge in [0.05, 0.1) is 0 Å². The van der Waals surface area contributed by atoms with Crippen molar-refractivity contribution in [3.63, 3.8) is 0 Å². The second kappa shape index (κ2) is 19.7. The van der Waals surface area contributed by atoms with Gasteiger partial charge in [-0.25, -0.2) is 4.79 Å². The molecule has 4 nitrogen and oxygen atoms in total. The Hall–Kier alpha value is -0.870. The van der Waals surface area contributed by atoms with Crippen molar-refractivity contribution in [3.05, 3.63) is 12.2 Å². The van der Waals surface area contributed by atoms with Crippen LogP contribution in [0.5, 0.6) is 0 Å². The van der Waals surface area contributed by atoms with Crippen molar-refractivity contribution in [2.24, 2.45) is 0 Å². The predicted octanol–water partition coefficient (Wildman–Crippen LogP) is 2.20. The largest absolute Gasteiger partial charge is 0.478 e. The Morgan fingerprint density at radius 3 is 1.06 bits per heavy atom. The second-order valence-corrected chi connectivity index (χ2v) is 3.21. The Kier molecular flexibility index (Phi) is 25.2. The van der Waals surface area contributed by atoms with Crippen LogP contribution in [-0.2, 0) is 4.79 Å². The van der Waals surface area contributed by atoms with Crippen molar-refractivity contribution in [3.8, 4) is 0 Å². The number of aliphatic carboxylic acids is 1. The van der Waals surface area contributed by atoms with E-state index in [0.717, 1.165) is 14.2 Å². The molecule has 1 fully saturated rings. The van der Waals surface area contributed by atoms with Gasteiger partial charge in [0.15, 0.2) is 0 Å². The minimum Gasteiger partial charge on any atom is -0.478 e. The highest BCUT2D eigenvalue weighted by atomic mass is 16.4. The minimum atomic E-state index is -0.935. The van der Waals surface area contributed by atoms with Crippen LogP contribution < -0.4 is 0 Å². The van der Waals surface area contributed by atoms with Crippen molar-refractivity contribution >= 4 is 5.97 Å². The van der Waals surface area contributed by atoms with Crippen molar-refractivity contribution in [1.29, 1.82) is 0 Å². The van der Waals surface area contributed by atoms with E-state index in [1.165, 1.54) is 45.4 Å². The number of carboxylic acids is 1. The molecule has 1 rings (SSSR count). The molecule has 0 amide bonds. The van der Waals surface area contributed by atoms with Gasteiger partial charge in [0.2, 0.25) is 0 Å². The summed E-state index contributed by atoms with van der Waals surface area (Å²) in [4.78, 5) is 9.60. The van der Waals surface area contributed by atoms with Gasteiger partial charge in [-0.3, -0.25) is 0 Å². The fraction of sp³-hybridized carbons (Fsp3) is 0.750. The van der Waals surface area contributed by atoms with Crippen LogP contribution in [0.3, 0.4) is 0 Å². The van der Waals surface area contributed by atoms with Crippen LogP contribution in [0.15, 0.2) is 12.2 Å². The van der Waals surface area contributed by atoms with Crippen LogP contribution in [-0.4, -0.2) is 35.5 Å². The van der Waals surface area contributed by atoms with Gasteiger partial charge < -0.3 is 15.3 Å². The number of aliphatic hydroxyl groups excluding tert-OH is 2. The maximum Gasteiger partial charge on any atom is 0.330 e. The minimum absolute atomic E-state index is 0.176. The Bertz CT molecular complexity index is 128. The molecule has 0 radical (unpaired) electrons. The van der Waals surface area contributed by atoms with Crippen LogP contribution in [0.25, 0.3) is 0 Å². The topological polar surface area (TPSA) is 77.8 Å². The summed E-state index contributed by atoms with van der Waals surface area (Å²) in [7, 11) is 2.00. The van der Waals surface area contributed by atoms with Crippen molar-refractivity contribution in [1.82, 2.24) is 0 Å². The molecule has 3 N–H and O–H groups in total. The highest BCUT2D eigenvalue weighted by Gasteiger charge is 1.95. The van der Waals surface area contributed by atoms with E-state index in [-0.39, 0.29) is 5.57 Å². The third-order valence-electron chi connectivity index (χ3n) is 1.87. The summed E-state index contributed by atoms with van der Waals surface area (Å²) in [5.41, 5.74) is 0.176. The molecule has 0 aromatic rings. The monoisotopic (exact) mass is 234 g/mol. The quantitative estimate of drug-likeness (QED) is 0.608. The lowest BCUT2D eigenvalue weighted by molar-refractivity contribution is -0.132. The van der Waals surface area contributed by atoms with Gasteiger partial charge in [0, 0.05) is 19.8 Å². The average molecular weight is 234 g/mol. The lowest BCUT2D eigenvalue weighted by Crippen LogP contribution is -1.92. The lowest BCUT2D eigenvalue weighted by Gasteiger charge is -2.05. The van der Waals surface area contributed by atoms with Gasteiger partial charge in [-0.15, -0.1) is 0 Å². The Balaban J connectivity index is -0.000000162. The highest BCUT2D eigenvalue weighted by Crippen LogP contribution is 2.15. The molecule has 1 aliphatic carbocycles. The van der Waals surface area contributed by atoms with Crippen molar-refractivity contribution < 1.29 is 20.1 Å². The lowest BCUT2D eigenvalue weighted by atomic mass is 10.0. The number of carbonyl (C=O) groups is 1. The Morgan fingerprint density at radius 2 is 1.00 bits per heavy atom. The molecular formula is C12H26O4. The molecule has 98 valence electrons. The zero-order valence-corrected chi connectivity index (χ0v) is 10.7. The first-order chi connectivity index (χ1) is 7.64. The third kappa shape index (κ3) is 23.2. The summed E-state index contributed by atoms with van der Waals surface area (Å²) < 4.78 is 0. The van der Waals surface area contributed by atoms with Gasteiger partial charge in [0.25, 0.3) is 0 Å². The normalized spacial score (nSPS) is 12.6. The smallest absolute Gasteiger partial charge is 0.330 e. The number of hydrogen-bond acceptors (Lipinski definition) is 3. The molecule has 0 unspecified atom stereocenters. The maximum atomic E-state index is 9.60. The maximum absolute atomic E-state index is 9.60. The summed E-state index contributed by atoms with van der Waals surface area (Å²) >= 11 is 0. The summed E-state index contributed by atoms with van der Waals surface area (Å²) in [6.45, 7) is 4.60. The third-order valence-corrected chi connectivity index (χ3v) is 1.87. The first-order valence-electron chi connectivity index (χ1n) is 5.43. The molecule has 1 aliphatic rings. The molecule has 0 heterocycles. The zero-order chi connectivity index (χ0) is 13.4. The molecule has 4 heteroatoms. The van der Waals surface area contributed by atoms with Crippen LogP contribution in [0.4, 0.5) is 0 Å². The molecule has 1 saturated carbocycles. The zero-order valence-electron chi connectivity index (χ0n) is 10.7. The van der Waals surface area contributed by atoms with E-state index in [1.807, 2.05) is 0 Å². The van der Waals surface area contributed by atoms with E-state index >= 15 is 0 Å². The number of rotatable bonds is 1.